The fourth-order valence-electron chi connectivity index (χ4n) is 1.07. The minimum absolute atomic E-state index is 0. The van der Waals surface area contributed by atoms with Gasteiger partial charge in [0.2, 0.25) is 0 Å². The molecule has 0 N–H and O–H groups in total. The van der Waals surface area contributed by atoms with Gasteiger partial charge < -0.3 is 4.90 Å². The molecule has 0 amide bonds. The van der Waals surface area contributed by atoms with Crippen molar-refractivity contribution in [2.24, 2.45) is 0 Å². The Morgan fingerprint density at radius 1 is 1.09 bits per heavy atom. The van der Waals surface area contributed by atoms with Gasteiger partial charge in [-0.25, -0.2) is 0 Å². The first-order valence-electron chi connectivity index (χ1n) is 3.45. The minimum Gasteiger partial charge on any atom is -0.377 e. The number of nitrogens with zero attached hydrogens (tertiary/aromatic N) is 1. The van der Waals surface area contributed by atoms with Gasteiger partial charge in [-0.15, -0.1) is 0 Å². The van der Waals surface area contributed by atoms with Crippen molar-refractivity contribution in [3.05, 3.63) is 29.8 Å². The summed E-state index contributed by atoms with van der Waals surface area (Å²) in [7, 11) is 4.12. The van der Waals surface area contributed by atoms with E-state index in [4.69, 9.17) is 0 Å². The van der Waals surface area contributed by atoms with Crippen LogP contribution in [0.15, 0.2) is 24.3 Å². The molecule has 0 aromatic heterocycles. The van der Waals surface area contributed by atoms with Crippen LogP contribution in [-0.2, 0) is 26.2 Å². The summed E-state index contributed by atoms with van der Waals surface area (Å²) in [5.74, 6) is 0. The molecule has 1 nitrogen and oxygen atoms in total. The van der Waals surface area contributed by atoms with Gasteiger partial charge in [0.15, 0.2) is 0 Å². The Kier molecular flexibility index (Phi) is 4.67. The molecule has 58 valence electrons. The number of hydrogen-bond donors (Lipinski definition) is 0. The van der Waals surface area contributed by atoms with Gasteiger partial charge in [-0.3, -0.25) is 0 Å². The molecule has 0 aliphatic carbocycles. The number of benzene rings is 1. The van der Waals surface area contributed by atoms with Gasteiger partial charge in [-0.05, 0) is 18.6 Å². The van der Waals surface area contributed by atoms with E-state index in [0.29, 0.717) is 0 Å². The van der Waals surface area contributed by atoms with E-state index in [2.05, 4.69) is 50.2 Å². The third kappa shape index (κ3) is 2.78. The minimum atomic E-state index is 0. The first-order valence-corrected chi connectivity index (χ1v) is 3.45. The van der Waals surface area contributed by atoms with Crippen LogP contribution in [0.25, 0.3) is 0 Å². The second-order valence-corrected chi connectivity index (χ2v) is 2.68. The van der Waals surface area contributed by atoms with Crippen molar-refractivity contribution in [2.45, 2.75) is 6.92 Å². The van der Waals surface area contributed by atoms with Crippen LogP contribution in [0.1, 0.15) is 5.56 Å². The normalized spacial score (nSPS) is 8.64. The van der Waals surface area contributed by atoms with E-state index in [0.717, 1.165) is 0 Å². The Balaban J connectivity index is 0.000001000. The largest absolute Gasteiger partial charge is 0.377 e. The topological polar surface area (TPSA) is 3.24 Å². The van der Waals surface area contributed by atoms with Crippen LogP contribution in [0.4, 0.5) is 5.69 Å². The molecule has 0 heterocycles. The smallest absolute Gasteiger partial charge is 0.0390 e. The summed E-state index contributed by atoms with van der Waals surface area (Å²) in [5.41, 5.74) is 2.62. The molecule has 0 unspecified atom stereocenters. The Hall–Kier alpha value is -0.0969. The van der Waals surface area contributed by atoms with E-state index >= 15 is 0 Å². The predicted molar refractivity (Wildman–Crippen MR) is 45.5 cm³/mol. The van der Waals surface area contributed by atoms with Crippen LogP contribution in [0.2, 0.25) is 0 Å². The van der Waals surface area contributed by atoms with E-state index in [-0.39, 0.29) is 26.2 Å². The second kappa shape index (κ2) is 4.71. The second-order valence-electron chi connectivity index (χ2n) is 2.68. The SMILES string of the molecule is Cc1ccccc1N(C)C.[Zr]. The molecule has 0 bridgehead atoms. The monoisotopic (exact) mass is 225 g/mol. The van der Waals surface area contributed by atoms with E-state index < -0.39 is 0 Å². The third-order valence-corrected chi connectivity index (χ3v) is 1.60. The molecule has 2 heteroatoms. The number of para-hydroxylation sites is 1. The quantitative estimate of drug-likeness (QED) is 0.708. The molecular formula is C9H13NZr. The van der Waals surface area contributed by atoms with Gasteiger partial charge in [0.05, 0.1) is 0 Å². The van der Waals surface area contributed by atoms with Gasteiger partial charge in [0, 0.05) is 46.0 Å². The Bertz CT molecular complexity index is 221. The summed E-state index contributed by atoms with van der Waals surface area (Å²) in [6, 6.07) is 8.36. The van der Waals surface area contributed by atoms with Gasteiger partial charge in [-0.2, -0.15) is 0 Å². The van der Waals surface area contributed by atoms with Gasteiger partial charge in [0.25, 0.3) is 0 Å². The van der Waals surface area contributed by atoms with Crippen molar-refractivity contribution in [3.63, 3.8) is 0 Å². The van der Waals surface area contributed by atoms with E-state index in [9.17, 15) is 0 Å². The summed E-state index contributed by atoms with van der Waals surface area (Å²) >= 11 is 0. The van der Waals surface area contributed by atoms with Crippen LogP contribution in [0.5, 0.6) is 0 Å². The molecular weight excluding hydrogens is 213 g/mol. The van der Waals surface area contributed by atoms with Crippen LogP contribution in [0.3, 0.4) is 0 Å². The van der Waals surface area contributed by atoms with Gasteiger partial charge in [-0.1, -0.05) is 18.2 Å². The van der Waals surface area contributed by atoms with E-state index in [1.807, 2.05) is 0 Å². The van der Waals surface area contributed by atoms with Gasteiger partial charge in [0.1, 0.15) is 0 Å². The summed E-state index contributed by atoms with van der Waals surface area (Å²) in [4.78, 5) is 2.12. The van der Waals surface area contributed by atoms with Crippen molar-refractivity contribution < 1.29 is 26.2 Å². The van der Waals surface area contributed by atoms with Crippen LogP contribution in [-0.4, -0.2) is 14.1 Å². The summed E-state index contributed by atoms with van der Waals surface area (Å²) < 4.78 is 0. The molecule has 0 saturated carbocycles. The molecule has 11 heavy (non-hydrogen) atoms. The molecule has 0 aliphatic heterocycles. The van der Waals surface area contributed by atoms with Crippen molar-refractivity contribution in [2.75, 3.05) is 19.0 Å². The van der Waals surface area contributed by atoms with E-state index in [1.54, 1.807) is 0 Å². The average Bonchev–Trinajstić information content (AvgIpc) is 1.88. The average molecular weight is 226 g/mol. The number of rotatable bonds is 1. The van der Waals surface area contributed by atoms with Gasteiger partial charge >= 0.3 is 0 Å². The summed E-state index contributed by atoms with van der Waals surface area (Å²) in [5, 5.41) is 0. The maximum atomic E-state index is 2.12. The zero-order chi connectivity index (χ0) is 7.56. The number of aryl methyl sites for hydroxylation is 1. The zero-order valence-electron chi connectivity index (χ0n) is 7.26. The Morgan fingerprint density at radius 3 is 2.00 bits per heavy atom. The molecule has 0 atom stereocenters. The first-order chi connectivity index (χ1) is 4.72. The summed E-state index contributed by atoms with van der Waals surface area (Å²) in [6.07, 6.45) is 0. The van der Waals surface area contributed by atoms with Crippen LogP contribution < -0.4 is 4.90 Å². The molecule has 0 spiro atoms. The predicted octanol–water partition coefficient (Wildman–Crippen LogP) is 2.06. The van der Waals surface area contributed by atoms with E-state index in [1.165, 1.54) is 11.3 Å². The molecule has 0 saturated heterocycles. The number of hydrogen-bond acceptors (Lipinski definition) is 1. The molecule has 1 aromatic carbocycles. The standard InChI is InChI=1S/C9H13N.Zr/c1-8-6-4-5-7-9(8)10(2)3;/h4-7H,1-3H3;. The zero-order valence-corrected chi connectivity index (χ0v) is 9.71. The first kappa shape index (κ1) is 10.9. The van der Waals surface area contributed by atoms with Crippen molar-refractivity contribution in [3.8, 4) is 0 Å². The Labute approximate surface area is 87.5 Å². The summed E-state index contributed by atoms with van der Waals surface area (Å²) in [6.45, 7) is 2.12. The molecule has 0 fully saturated rings. The molecule has 0 radical (unpaired) electrons. The Morgan fingerprint density at radius 2 is 1.64 bits per heavy atom. The fourth-order valence-corrected chi connectivity index (χ4v) is 1.07. The molecule has 1 aromatic rings. The van der Waals surface area contributed by atoms with Crippen molar-refractivity contribution in [1.82, 2.24) is 0 Å². The van der Waals surface area contributed by atoms with Crippen LogP contribution in [0, 0.1) is 6.92 Å². The van der Waals surface area contributed by atoms with Crippen molar-refractivity contribution >= 4 is 5.69 Å². The maximum Gasteiger partial charge on any atom is 0.0390 e. The number of anilines is 1. The van der Waals surface area contributed by atoms with Crippen molar-refractivity contribution in [1.29, 1.82) is 0 Å². The molecule has 0 aliphatic rings. The van der Waals surface area contributed by atoms with Crippen LogP contribution >= 0.6 is 0 Å². The molecule has 1 rings (SSSR count). The maximum absolute atomic E-state index is 2.12. The third-order valence-electron chi connectivity index (χ3n) is 1.60. The fraction of sp³-hybridized carbons (Fsp3) is 0.333.